The molecule has 0 aliphatic carbocycles. The van der Waals surface area contributed by atoms with Gasteiger partial charge in [-0.1, -0.05) is 48.5 Å². The number of rotatable bonds is 6. The molecule has 2 aromatic carbocycles. The molecule has 0 unspecified atom stereocenters. The summed E-state index contributed by atoms with van der Waals surface area (Å²) in [4.78, 5) is 25.8. The van der Waals surface area contributed by atoms with Gasteiger partial charge in [0.25, 0.3) is 0 Å². The van der Waals surface area contributed by atoms with E-state index in [0.717, 1.165) is 33.1 Å². The normalized spacial score (nSPS) is 15.5. The Balaban J connectivity index is 1.60. The zero-order valence-electron chi connectivity index (χ0n) is 20.5. The maximum atomic E-state index is 12.4. The van der Waals surface area contributed by atoms with Crippen LogP contribution in [-0.4, -0.2) is 53.1 Å². The molecule has 1 amide bonds. The number of pyridine rings is 2. The second-order valence-corrected chi connectivity index (χ2v) is 9.25. The average molecular weight is 512 g/mol. The molecule has 0 radical (unpaired) electrons. The summed E-state index contributed by atoms with van der Waals surface area (Å²) >= 11 is 6.59. The Morgan fingerprint density at radius 1 is 1.27 bits per heavy atom. The van der Waals surface area contributed by atoms with Gasteiger partial charge in [-0.15, -0.1) is 0 Å². The van der Waals surface area contributed by atoms with Crippen molar-refractivity contribution >= 4 is 45.0 Å². The zero-order valence-corrected chi connectivity index (χ0v) is 21.3. The number of hydrogen-bond acceptors (Lipinski definition) is 6. The summed E-state index contributed by atoms with van der Waals surface area (Å²) in [6, 6.07) is 17.8. The number of nitriles is 1. The number of fused-ring (bicyclic) bond motifs is 2. The first-order chi connectivity index (χ1) is 18.0. The average Bonchev–Trinajstić information content (AvgIpc) is 2.92. The van der Waals surface area contributed by atoms with Crippen LogP contribution >= 0.6 is 11.6 Å². The van der Waals surface area contributed by atoms with Crippen LogP contribution in [0.15, 0.2) is 67.4 Å². The minimum atomic E-state index is -0.250. The lowest BCUT2D eigenvalue weighted by atomic mass is 9.99. The first-order valence-electron chi connectivity index (χ1n) is 12.2. The Hall–Kier alpha value is -4.15. The van der Waals surface area contributed by atoms with Gasteiger partial charge in [0.2, 0.25) is 11.8 Å². The quantitative estimate of drug-likeness (QED) is 0.312. The smallest absolute Gasteiger partial charge is 0.246 e. The molecule has 4 aromatic rings. The molecular weight excluding hydrogens is 486 g/mol. The van der Waals surface area contributed by atoms with Crippen LogP contribution in [0, 0.1) is 11.3 Å². The molecule has 8 heteroatoms. The second-order valence-electron chi connectivity index (χ2n) is 8.85. The van der Waals surface area contributed by atoms with Gasteiger partial charge in [0.1, 0.15) is 5.52 Å². The van der Waals surface area contributed by atoms with E-state index in [9.17, 15) is 10.1 Å². The third kappa shape index (κ3) is 4.68. The zero-order chi connectivity index (χ0) is 25.9. The van der Waals surface area contributed by atoms with Crippen LogP contribution in [0.25, 0.3) is 32.9 Å². The third-order valence-corrected chi connectivity index (χ3v) is 6.98. The lowest BCUT2D eigenvalue weighted by molar-refractivity contribution is -0.128. The molecule has 1 aliphatic rings. The second kappa shape index (κ2) is 10.5. The Morgan fingerprint density at radius 2 is 2.08 bits per heavy atom. The number of carbonyl (C=O) groups is 1. The summed E-state index contributed by atoms with van der Waals surface area (Å²) in [7, 11) is 0. The molecule has 5 rings (SSSR count). The lowest BCUT2D eigenvalue weighted by Gasteiger charge is -2.41. The first-order valence-corrected chi connectivity index (χ1v) is 12.6. The van der Waals surface area contributed by atoms with Crippen molar-refractivity contribution in [1.82, 2.24) is 14.9 Å². The molecular formula is C29H26ClN5O2. The van der Waals surface area contributed by atoms with Gasteiger partial charge in [0.15, 0.2) is 0 Å². The number of carbonyl (C=O) groups excluding carboxylic acids is 1. The molecule has 0 N–H and O–H groups in total. The number of anilines is 1. The Bertz CT molecular complexity index is 1540. The largest absolute Gasteiger partial charge is 0.478 e. The van der Waals surface area contributed by atoms with Crippen LogP contribution in [0.5, 0.6) is 5.88 Å². The number of nitrogens with zero attached hydrogens (tertiary/aromatic N) is 5. The number of aromatic nitrogens is 2. The Labute approximate surface area is 220 Å². The van der Waals surface area contributed by atoms with Crippen molar-refractivity contribution in [2.45, 2.75) is 19.4 Å². The van der Waals surface area contributed by atoms with Gasteiger partial charge >= 0.3 is 0 Å². The van der Waals surface area contributed by atoms with E-state index in [1.807, 2.05) is 61.7 Å². The highest BCUT2D eigenvalue weighted by Gasteiger charge is 2.30. The highest BCUT2D eigenvalue weighted by molar-refractivity contribution is 6.36. The summed E-state index contributed by atoms with van der Waals surface area (Å²) in [6.45, 7) is 7.58. The SMILES string of the molecule is C=CC(=O)N1CCN(c2cc(OCC)nc3cc(-c4cccc5cccc(Cl)c45)cnc23)C[C@@H]1CC#N. The monoisotopic (exact) mass is 511 g/mol. The van der Waals surface area contributed by atoms with Gasteiger partial charge in [0.05, 0.1) is 36.3 Å². The molecule has 1 aliphatic heterocycles. The van der Waals surface area contributed by atoms with E-state index in [0.29, 0.717) is 42.7 Å². The predicted octanol–water partition coefficient (Wildman–Crippen LogP) is 5.62. The van der Waals surface area contributed by atoms with Crippen molar-refractivity contribution in [2.75, 3.05) is 31.1 Å². The third-order valence-electron chi connectivity index (χ3n) is 6.67. The van der Waals surface area contributed by atoms with E-state index in [1.165, 1.54) is 6.08 Å². The van der Waals surface area contributed by atoms with Gasteiger partial charge in [0, 0.05) is 47.9 Å². The number of piperazine rings is 1. The van der Waals surface area contributed by atoms with Crippen LogP contribution in [-0.2, 0) is 4.79 Å². The number of hydrogen-bond donors (Lipinski definition) is 0. The van der Waals surface area contributed by atoms with E-state index in [4.69, 9.17) is 26.3 Å². The fourth-order valence-electron chi connectivity index (χ4n) is 4.98. The van der Waals surface area contributed by atoms with E-state index >= 15 is 0 Å². The maximum Gasteiger partial charge on any atom is 0.246 e. The van der Waals surface area contributed by atoms with Crippen molar-refractivity contribution in [1.29, 1.82) is 5.26 Å². The molecule has 37 heavy (non-hydrogen) atoms. The minimum absolute atomic E-state index is 0.161. The Morgan fingerprint density at radius 3 is 2.84 bits per heavy atom. The van der Waals surface area contributed by atoms with Crippen LogP contribution in [0.3, 0.4) is 0 Å². The molecule has 0 bridgehead atoms. The van der Waals surface area contributed by atoms with E-state index in [2.05, 4.69) is 17.5 Å². The van der Waals surface area contributed by atoms with Gasteiger partial charge in [-0.2, -0.15) is 5.26 Å². The Kier molecular flexibility index (Phi) is 6.93. The molecule has 1 atom stereocenters. The topological polar surface area (TPSA) is 82.3 Å². The molecule has 0 saturated carbocycles. The lowest BCUT2D eigenvalue weighted by Crippen LogP contribution is -2.55. The molecule has 2 aromatic heterocycles. The summed E-state index contributed by atoms with van der Waals surface area (Å²) in [5, 5.41) is 12.1. The highest BCUT2D eigenvalue weighted by Crippen LogP contribution is 2.36. The molecule has 0 spiro atoms. The first kappa shape index (κ1) is 24.5. The number of benzene rings is 2. The number of halogens is 1. The fraction of sp³-hybridized carbons (Fsp3) is 0.241. The van der Waals surface area contributed by atoms with Gasteiger partial charge in [-0.25, -0.2) is 4.98 Å². The molecule has 186 valence electrons. The molecule has 1 fully saturated rings. The van der Waals surface area contributed by atoms with Crippen LogP contribution in [0.1, 0.15) is 13.3 Å². The molecule has 1 saturated heterocycles. The summed E-state index contributed by atoms with van der Waals surface area (Å²) < 4.78 is 5.81. The minimum Gasteiger partial charge on any atom is -0.478 e. The summed E-state index contributed by atoms with van der Waals surface area (Å²) in [5.74, 6) is 0.340. The maximum absolute atomic E-state index is 12.4. The predicted molar refractivity (Wildman–Crippen MR) is 147 cm³/mol. The van der Waals surface area contributed by atoms with Crippen molar-refractivity contribution in [2.24, 2.45) is 0 Å². The van der Waals surface area contributed by atoms with Gasteiger partial charge in [-0.05, 0) is 36.1 Å². The number of amides is 1. The van der Waals surface area contributed by atoms with Gasteiger partial charge in [-0.3, -0.25) is 9.78 Å². The highest BCUT2D eigenvalue weighted by atomic mass is 35.5. The van der Waals surface area contributed by atoms with Gasteiger partial charge < -0.3 is 14.5 Å². The van der Waals surface area contributed by atoms with E-state index in [-0.39, 0.29) is 18.4 Å². The van der Waals surface area contributed by atoms with Crippen molar-refractivity contribution in [3.05, 3.63) is 72.4 Å². The molecule has 3 heterocycles. The van der Waals surface area contributed by atoms with Crippen LogP contribution in [0.4, 0.5) is 5.69 Å². The van der Waals surface area contributed by atoms with Crippen LogP contribution in [0.2, 0.25) is 5.02 Å². The number of ether oxygens (including phenoxy) is 1. The van der Waals surface area contributed by atoms with Crippen molar-refractivity contribution in [3.63, 3.8) is 0 Å². The fourth-order valence-corrected chi connectivity index (χ4v) is 5.26. The van der Waals surface area contributed by atoms with Crippen molar-refractivity contribution in [3.8, 4) is 23.1 Å². The standard InChI is InChI=1S/C29H26ClN5O2/c1-3-27(36)35-14-13-34(18-21(35)11-12-31)25-16-26(37-4-2)33-24-15-20(17-32-29(24)25)22-9-5-7-19-8-6-10-23(30)28(19)22/h3,5-10,15-17,21H,1,4,11,13-14,18H2,2H3/t21-/m0/s1. The summed E-state index contributed by atoms with van der Waals surface area (Å²) in [5.41, 5.74) is 4.18. The van der Waals surface area contributed by atoms with Crippen molar-refractivity contribution < 1.29 is 9.53 Å². The summed E-state index contributed by atoms with van der Waals surface area (Å²) in [6.07, 6.45) is 3.38. The van der Waals surface area contributed by atoms with Crippen LogP contribution < -0.4 is 9.64 Å². The molecule has 7 nitrogen and oxygen atoms in total. The van der Waals surface area contributed by atoms with E-state index in [1.54, 1.807) is 4.90 Å². The van der Waals surface area contributed by atoms with E-state index < -0.39 is 0 Å².